The zero-order valence-electron chi connectivity index (χ0n) is 40.4. The molecule has 0 aromatic rings. The molecule has 1 aliphatic rings. The number of amides is 1. The molecule has 10 heteroatoms. The second-order valence-electron chi connectivity index (χ2n) is 18.5. The summed E-state index contributed by atoms with van der Waals surface area (Å²) in [5, 5.41) is 64.8. The first-order valence-electron chi connectivity index (χ1n) is 26.3. The molecule has 0 radical (unpaired) electrons. The van der Waals surface area contributed by atoms with E-state index in [9.17, 15) is 35.4 Å². The van der Waals surface area contributed by atoms with E-state index in [1.54, 1.807) is 6.08 Å². The van der Waals surface area contributed by atoms with Gasteiger partial charge in [-0.05, 0) is 51.4 Å². The van der Waals surface area contributed by atoms with Crippen molar-refractivity contribution in [3.8, 4) is 0 Å². The van der Waals surface area contributed by atoms with Gasteiger partial charge in [-0.25, -0.2) is 0 Å². The van der Waals surface area contributed by atoms with Crippen molar-refractivity contribution in [2.24, 2.45) is 0 Å². The molecule has 0 aliphatic carbocycles. The van der Waals surface area contributed by atoms with Crippen LogP contribution in [0.2, 0.25) is 0 Å². The normalized spacial score (nSPS) is 20.9. The van der Waals surface area contributed by atoms with Crippen LogP contribution in [-0.2, 0) is 14.3 Å². The maximum Gasteiger partial charge on any atom is 0.249 e. The van der Waals surface area contributed by atoms with Crippen molar-refractivity contribution in [2.75, 3.05) is 13.2 Å². The zero-order chi connectivity index (χ0) is 46.0. The van der Waals surface area contributed by atoms with Crippen LogP contribution in [0.4, 0.5) is 0 Å². The van der Waals surface area contributed by atoms with Crippen molar-refractivity contribution in [3.63, 3.8) is 0 Å². The van der Waals surface area contributed by atoms with Gasteiger partial charge in [0.15, 0.2) is 6.29 Å². The van der Waals surface area contributed by atoms with Gasteiger partial charge in [-0.3, -0.25) is 4.79 Å². The van der Waals surface area contributed by atoms with Crippen molar-refractivity contribution >= 4 is 5.91 Å². The second kappa shape index (κ2) is 43.0. The predicted octanol–water partition coefficient (Wildman–Crippen LogP) is 11.0. The first-order valence-corrected chi connectivity index (χ1v) is 26.3. The Hall–Kier alpha value is -1.63. The van der Waals surface area contributed by atoms with Gasteiger partial charge >= 0.3 is 0 Å². The van der Waals surface area contributed by atoms with E-state index in [1.165, 1.54) is 154 Å². The van der Waals surface area contributed by atoms with Crippen molar-refractivity contribution in [2.45, 2.75) is 281 Å². The minimum atomic E-state index is -1.61. The Morgan fingerprint density at radius 2 is 0.968 bits per heavy atom. The first-order chi connectivity index (χ1) is 30.8. The van der Waals surface area contributed by atoms with E-state index in [0.29, 0.717) is 12.8 Å². The largest absolute Gasteiger partial charge is 0.394 e. The van der Waals surface area contributed by atoms with Gasteiger partial charge in [0.05, 0.1) is 25.4 Å². The fourth-order valence-corrected chi connectivity index (χ4v) is 8.25. The number of carbonyl (C=O) groups excluding carboxylic acids is 1. The molecule has 0 aromatic heterocycles. The van der Waals surface area contributed by atoms with Gasteiger partial charge < -0.3 is 45.4 Å². The van der Waals surface area contributed by atoms with Crippen LogP contribution in [-0.4, -0.2) is 98.7 Å². The standard InChI is InChI=1S/C53H99NO9/c1-3-5-7-9-11-13-15-17-19-20-21-22-23-24-25-26-27-28-30-32-34-36-38-40-42-47(57)52(61)54-45(44-62-53-51(60)50(59)49(58)48(43-55)63-53)46(56)41-39-37-35-33-31-29-18-16-14-12-10-8-6-4-2/h21-22,24-25,39,41,45-51,53,55-60H,3-20,23,26-38,40,42-44H2,1-2H3,(H,54,61)/b22-21-,25-24-,41-39+. The molecule has 0 saturated carbocycles. The van der Waals surface area contributed by atoms with E-state index in [0.717, 1.165) is 51.4 Å². The molecule has 1 aliphatic heterocycles. The Balaban J connectivity index is 2.31. The van der Waals surface area contributed by atoms with Gasteiger partial charge in [-0.1, -0.05) is 217 Å². The third kappa shape index (κ3) is 32.7. The van der Waals surface area contributed by atoms with Crippen molar-refractivity contribution in [1.82, 2.24) is 5.32 Å². The number of hydrogen-bond acceptors (Lipinski definition) is 9. The van der Waals surface area contributed by atoms with Crippen LogP contribution in [0.15, 0.2) is 36.5 Å². The fourth-order valence-electron chi connectivity index (χ4n) is 8.25. The van der Waals surface area contributed by atoms with Crippen molar-refractivity contribution in [1.29, 1.82) is 0 Å². The van der Waals surface area contributed by atoms with Crippen molar-refractivity contribution < 1.29 is 44.9 Å². The van der Waals surface area contributed by atoms with E-state index in [1.807, 2.05) is 6.08 Å². The summed E-state index contributed by atoms with van der Waals surface area (Å²) in [6.45, 7) is 3.61. The molecular weight excluding hydrogens is 795 g/mol. The molecule has 370 valence electrons. The summed E-state index contributed by atoms with van der Waals surface area (Å²) >= 11 is 0. The molecule has 0 aromatic carbocycles. The summed E-state index contributed by atoms with van der Waals surface area (Å²) in [6, 6.07) is -0.982. The number of ether oxygens (including phenoxy) is 2. The number of nitrogens with one attached hydrogen (secondary N) is 1. The van der Waals surface area contributed by atoms with Gasteiger partial charge in [-0.15, -0.1) is 0 Å². The predicted molar refractivity (Wildman–Crippen MR) is 259 cm³/mol. The van der Waals surface area contributed by atoms with Crippen LogP contribution in [0.25, 0.3) is 0 Å². The van der Waals surface area contributed by atoms with Crippen LogP contribution in [0.3, 0.4) is 0 Å². The number of rotatable bonds is 44. The molecule has 1 saturated heterocycles. The Morgan fingerprint density at radius 3 is 1.41 bits per heavy atom. The SMILES string of the molecule is CCCCCCCCCCC/C=C\C/C=C\CCCCCCCCCCC(O)C(=O)NC(COC1OC(CO)C(O)C(O)C1O)C(O)/C=C/CCCCCCCCCCCCCC. The highest BCUT2D eigenvalue weighted by Crippen LogP contribution is 2.23. The highest BCUT2D eigenvalue weighted by Gasteiger charge is 2.44. The molecule has 0 bridgehead atoms. The fraction of sp³-hybridized carbons (Fsp3) is 0.868. The summed E-state index contributed by atoms with van der Waals surface area (Å²) in [6.07, 6.45) is 43.8. The lowest BCUT2D eigenvalue weighted by Gasteiger charge is -2.40. The Morgan fingerprint density at radius 1 is 0.556 bits per heavy atom. The van der Waals surface area contributed by atoms with Gasteiger partial charge in [0.2, 0.25) is 5.91 Å². The van der Waals surface area contributed by atoms with Crippen LogP contribution in [0, 0.1) is 0 Å². The van der Waals surface area contributed by atoms with Gasteiger partial charge in [0, 0.05) is 0 Å². The number of allylic oxidation sites excluding steroid dienone is 5. The van der Waals surface area contributed by atoms with Gasteiger partial charge in [-0.2, -0.15) is 0 Å². The number of carbonyl (C=O) groups is 1. The Kier molecular flexibility index (Phi) is 40.5. The average Bonchev–Trinajstić information content (AvgIpc) is 3.28. The molecular formula is C53H99NO9. The average molecular weight is 894 g/mol. The Labute approximate surface area is 385 Å². The molecule has 8 unspecified atom stereocenters. The van der Waals surface area contributed by atoms with Gasteiger partial charge in [0.1, 0.15) is 30.5 Å². The number of aliphatic hydroxyl groups excluding tert-OH is 6. The van der Waals surface area contributed by atoms with E-state index in [4.69, 9.17) is 9.47 Å². The minimum Gasteiger partial charge on any atom is -0.394 e. The molecule has 0 spiro atoms. The third-order valence-corrected chi connectivity index (χ3v) is 12.6. The van der Waals surface area contributed by atoms with Crippen LogP contribution in [0.5, 0.6) is 0 Å². The second-order valence-corrected chi connectivity index (χ2v) is 18.5. The van der Waals surface area contributed by atoms with E-state index < -0.39 is 61.5 Å². The minimum absolute atomic E-state index is 0.303. The molecule has 1 amide bonds. The summed E-state index contributed by atoms with van der Waals surface area (Å²) in [4.78, 5) is 13.1. The number of unbranched alkanes of at least 4 members (excludes halogenated alkanes) is 29. The highest BCUT2D eigenvalue weighted by molar-refractivity contribution is 5.80. The third-order valence-electron chi connectivity index (χ3n) is 12.6. The van der Waals surface area contributed by atoms with E-state index in [2.05, 4.69) is 43.5 Å². The zero-order valence-corrected chi connectivity index (χ0v) is 40.4. The monoisotopic (exact) mass is 894 g/mol. The first kappa shape index (κ1) is 59.4. The van der Waals surface area contributed by atoms with Crippen LogP contribution < -0.4 is 5.32 Å². The van der Waals surface area contributed by atoms with Gasteiger partial charge in [0.25, 0.3) is 0 Å². The maximum absolute atomic E-state index is 13.1. The molecule has 8 atom stereocenters. The van der Waals surface area contributed by atoms with Crippen LogP contribution >= 0.6 is 0 Å². The summed E-state index contributed by atoms with van der Waals surface area (Å²) in [7, 11) is 0. The molecule has 10 nitrogen and oxygen atoms in total. The van der Waals surface area contributed by atoms with E-state index >= 15 is 0 Å². The lowest BCUT2D eigenvalue weighted by molar-refractivity contribution is -0.302. The summed E-state index contributed by atoms with van der Waals surface area (Å²) in [5.41, 5.74) is 0. The van der Waals surface area contributed by atoms with Crippen LogP contribution in [0.1, 0.15) is 232 Å². The molecule has 1 heterocycles. The number of aliphatic hydroxyl groups is 6. The summed E-state index contributed by atoms with van der Waals surface area (Å²) < 4.78 is 11.2. The smallest absolute Gasteiger partial charge is 0.249 e. The lowest BCUT2D eigenvalue weighted by atomic mass is 9.99. The lowest BCUT2D eigenvalue weighted by Crippen LogP contribution is -2.60. The maximum atomic E-state index is 13.1. The Bertz CT molecular complexity index is 1100. The van der Waals surface area contributed by atoms with E-state index in [-0.39, 0.29) is 6.61 Å². The molecule has 7 N–H and O–H groups in total. The summed E-state index contributed by atoms with van der Waals surface area (Å²) in [5.74, 6) is -0.620. The quantitative estimate of drug-likeness (QED) is 0.0232. The number of hydrogen-bond donors (Lipinski definition) is 7. The van der Waals surface area contributed by atoms with Crippen molar-refractivity contribution in [3.05, 3.63) is 36.5 Å². The molecule has 1 rings (SSSR count). The molecule has 1 fully saturated rings. The molecule has 63 heavy (non-hydrogen) atoms. The highest BCUT2D eigenvalue weighted by atomic mass is 16.7. The topological polar surface area (TPSA) is 169 Å².